The predicted molar refractivity (Wildman–Crippen MR) is 111 cm³/mol. The minimum absolute atomic E-state index is 0.164. The third kappa shape index (κ3) is 3.83. The summed E-state index contributed by atoms with van der Waals surface area (Å²) in [5.74, 6) is 0.284. The molecule has 4 rings (SSSR count). The van der Waals surface area contributed by atoms with Crippen molar-refractivity contribution in [2.75, 3.05) is 6.54 Å². The highest BCUT2D eigenvalue weighted by Crippen LogP contribution is 2.32. The number of nitrogens with one attached hydrogen (secondary N) is 1. The second kappa shape index (κ2) is 7.91. The van der Waals surface area contributed by atoms with Gasteiger partial charge in [0.15, 0.2) is 0 Å². The van der Waals surface area contributed by atoms with Crippen LogP contribution in [0.4, 0.5) is 0 Å². The lowest BCUT2D eigenvalue weighted by molar-refractivity contribution is -0.125. The summed E-state index contributed by atoms with van der Waals surface area (Å²) in [6, 6.07) is 0. The van der Waals surface area contributed by atoms with E-state index >= 15 is 0 Å². The lowest BCUT2D eigenvalue weighted by Crippen LogP contribution is -2.58. The molecular weight excluding hydrogens is 388 g/mol. The normalized spacial score (nSPS) is 19.0. The second-order valence-corrected chi connectivity index (χ2v) is 9.24. The summed E-state index contributed by atoms with van der Waals surface area (Å²) in [7, 11) is 0. The Bertz CT molecular complexity index is 907. The molecule has 0 saturated heterocycles. The Morgan fingerprint density at radius 2 is 2.07 bits per heavy atom. The van der Waals surface area contributed by atoms with E-state index in [1.54, 1.807) is 11.3 Å². The zero-order chi connectivity index (χ0) is 20.6. The summed E-state index contributed by atoms with van der Waals surface area (Å²) in [6.07, 6.45) is 4.99. The zero-order valence-corrected chi connectivity index (χ0v) is 17.9. The number of nitrogens with zero attached hydrogens (tertiary/aromatic N) is 2. The van der Waals surface area contributed by atoms with Gasteiger partial charge in [-0.05, 0) is 38.7 Å². The van der Waals surface area contributed by atoms with Gasteiger partial charge in [-0.1, -0.05) is 24.4 Å². The number of rotatable bonds is 5. The van der Waals surface area contributed by atoms with Crippen molar-refractivity contribution in [3.05, 3.63) is 38.4 Å². The summed E-state index contributed by atoms with van der Waals surface area (Å²) in [6.45, 7) is 6.38. The van der Waals surface area contributed by atoms with Gasteiger partial charge in [-0.15, -0.1) is 11.3 Å². The van der Waals surface area contributed by atoms with Gasteiger partial charge >= 0.3 is 0 Å². The van der Waals surface area contributed by atoms with Gasteiger partial charge in [-0.25, -0.2) is 0 Å². The maximum Gasteiger partial charge on any atom is 0.253 e. The number of aromatic nitrogens is 1. The Morgan fingerprint density at radius 3 is 2.72 bits per heavy atom. The van der Waals surface area contributed by atoms with Crippen LogP contribution in [-0.2, 0) is 24.3 Å². The van der Waals surface area contributed by atoms with Crippen LogP contribution in [-0.4, -0.2) is 34.0 Å². The van der Waals surface area contributed by atoms with Crippen molar-refractivity contribution in [2.24, 2.45) is 5.73 Å². The number of aryl methyl sites for hydroxylation is 2. The van der Waals surface area contributed by atoms with Gasteiger partial charge in [0.25, 0.3) is 5.91 Å². The van der Waals surface area contributed by atoms with Crippen LogP contribution in [0.2, 0.25) is 0 Å². The number of nitrogens with two attached hydrogens (primary N) is 1. The molecule has 2 aromatic rings. The number of thiophene rings is 1. The molecule has 8 heteroatoms. The molecule has 3 N–H and O–H groups in total. The van der Waals surface area contributed by atoms with Crippen LogP contribution in [0.3, 0.4) is 0 Å². The van der Waals surface area contributed by atoms with E-state index < -0.39 is 11.4 Å². The molecule has 29 heavy (non-hydrogen) atoms. The van der Waals surface area contributed by atoms with Gasteiger partial charge in [0.2, 0.25) is 5.91 Å². The Hall–Kier alpha value is -2.19. The van der Waals surface area contributed by atoms with E-state index in [-0.39, 0.29) is 5.91 Å². The number of carbonyl (C=O) groups is 2. The molecule has 0 bridgehead atoms. The molecule has 0 atom stereocenters. The van der Waals surface area contributed by atoms with Gasteiger partial charge in [0.1, 0.15) is 11.3 Å². The maximum absolute atomic E-state index is 13.0. The minimum Gasteiger partial charge on any atom is -0.368 e. The molecule has 0 spiro atoms. The fourth-order valence-electron chi connectivity index (χ4n) is 4.53. The number of carbonyl (C=O) groups excluding carboxylic acids is 2. The standard InChI is InChI=1S/C21H28N4O3S/c1-13-16(14(2)28-24-13)10-25-9-6-15-17(12-29-18(15)11-25)19(26)23-21(20(22)27)7-4-3-5-8-21/h12H,3-11H2,1-2H3,(H2,22,27)(H,23,26). The molecule has 1 aliphatic heterocycles. The van der Waals surface area contributed by atoms with Crippen molar-refractivity contribution in [3.63, 3.8) is 0 Å². The van der Waals surface area contributed by atoms with Crippen LogP contribution in [0.5, 0.6) is 0 Å². The monoisotopic (exact) mass is 416 g/mol. The highest BCUT2D eigenvalue weighted by atomic mass is 32.1. The number of hydrogen-bond donors (Lipinski definition) is 2. The molecule has 1 aliphatic carbocycles. The number of fused-ring (bicyclic) bond motifs is 1. The van der Waals surface area contributed by atoms with E-state index in [0.29, 0.717) is 18.4 Å². The molecule has 3 heterocycles. The molecule has 2 aromatic heterocycles. The third-order valence-electron chi connectivity index (χ3n) is 6.37. The van der Waals surface area contributed by atoms with E-state index in [1.807, 2.05) is 19.2 Å². The number of amides is 2. The average Bonchev–Trinajstić information content (AvgIpc) is 3.26. The van der Waals surface area contributed by atoms with Crippen molar-refractivity contribution < 1.29 is 14.1 Å². The third-order valence-corrected chi connectivity index (χ3v) is 7.38. The smallest absolute Gasteiger partial charge is 0.253 e. The van der Waals surface area contributed by atoms with Crippen LogP contribution in [0, 0.1) is 13.8 Å². The number of primary amides is 1. The average molecular weight is 417 g/mol. The number of hydrogen-bond acceptors (Lipinski definition) is 6. The summed E-state index contributed by atoms with van der Waals surface area (Å²) < 4.78 is 5.28. The van der Waals surface area contributed by atoms with Gasteiger partial charge in [-0.3, -0.25) is 14.5 Å². The Balaban J connectivity index is 1.48. The zero-order valence-electron chi connectivity index (χ0n) is 17.0. The van der Waals surface area contributed by atoms with E-state index in [0.717, 1.165) is 67.9 Å². The lowest BCUT2D eigenvalue weighted by Gasteiger charge is -2.35. The molecule has 2 aliphatic rings. The van der Waals surface area contributed by atoms with Crippen LogP contribution in [0.1, 0.15) is 69.9 Å². The fraction of sp³-hybridized carbons (Fsp3) is 0.571. The van der Waals surface area contributed by atoms with Crippen molar-refractivity contribution in [3.8, 4) is 0 Å². The van der Waals surface area contributed by atoms with Gasteiger partial charge in [-0.2, -0.15) is 0 Å². The molecule has 0 radical (unpaired) electrons. The van der Waals surface area contributed by atoms with Crippen molar-refractivity contribution >= 4 is 23.2 Å². The van der Waals surface area contributed by atoms with E-state index in [1.165, 1.54) is 4.88 Å². The minimum atomic E-state index is -0.895. The van der Waals surface area contributed by atoms with Crippen LogP contribution in [0.25, 0.3) is 0 Å². The molecule has 0 aromatic carbocycles. The van der Waals surface area contributed by atoms with Gasteiger partial charge in [0, 0.05) is 35.5 Å². The molecule has 0 unspecified atom stereocenters. The summed E-state index contributed by atoms with van der Waals surface area (Å²) >= 11 is 1.62. The first-order valence-corrected chi connectivity index (χ1v) is 11.1. The van der Waals surface area contributed by atoms with Gasteiger partial charge < -0.3 is 15.6 Å². The molecule has 2 amide bonds. The largest absolute Gasteiger partial charge is 0.368 e. The topological polar surface area (TPSA) is 101 Å². The van der Waals surface area contributed by atoms with Crippen LogP contribution in [0.15, 0.2) is 9.90 Å². The van der Waals surface area contributed by atoms with Gasteiger partial charge in [0.05, 0.1) is 11.3 Å². The van der Waals surface area contributed by atoms with Crippen molar-refractivity contribution in [1.82, 2.24) is 15.4 Å². The summed E-state index contributed by atoms with van der Waals surface area (Å²) in [5.41, 5.74) is 8.67. The molecule has 156 valence electrons. The first-order chi connectivity index (χ1) is 13.9. The van der Waals surface area contributed by atoms with E-state index in [2.05, 4.69) is 15.4 Å². The summed E-state index contributed by atoms with van der Waals surface area (Å²) in [4.78, 5) is 28.7. The Morgan fingerprint density at radius 1 is 1.31 bits per heavy atom. The molecule has 1 saturated carbocycles. The lowest BCUT2D eigenvalue weighted by atomic mass is 9.81. The molecular formula is C21H28N4O3S. The molecule has 1 fully saturated rings. The predicted octanol–water partition coefficient (Wildman–Crippen LogP) is 2.83. The van der Waals surface area contributed by atoms with Crippen molar-refractivity contribution in [1.29, 1.82) is 0 Å². The maximum atomic E-state index is 13.0. The van der Waals surface area contributed by atoms with Crippen LogP contribution >= 0.6 is 11.3 Å². The Labute approximate surface area is 174 Å². The highest BCUT2D eigenvalue weighted by molar-refractivity contribution is 7.10. The van der Waals surface area contributed by atoms with Crippen LogP contribution < -0.4 is 11.1 Å². The van der Waals surface area contributed by atoms with E-state index in [9.17, 15) is 9.59 Å². The Kier molecular flexibility index (Phi) is 5.48. The second-order valence-electron chi connectivity index (χ2n) is 8.28. The summed E-state index contributed by atoms with van der Waals surface area (Å²) in [5, 5.41) is 8.97. The first kappa shape index (κ1) is 20.1. The highest BCUT2D eigenvalue weighted by Gasteiger charge is 2.40. The van der Waals surface area contributed by atoms with Crippen molar-refractivity contribution in [2.45, 2.75) is 71.0 Å². The fourth-order valence-corrected chi connectivity index (χ4v) is 5.65. The van der Waals surface area contributed by atoms with E-state index in [4.69, 9.17) is 10.3 Å². The first-order valence-electron chi connectivity index (χ1n) is 10.3. The molecule has 7 nitrogen and oxygen atoms in total. The quantitative estimate of drug-likeness (QED) is 0.780. The SMILES string of the molecule is Cc1noc(C)c1CN1CCc2c(C(=O)NC3(C(N)=O)CCCCC3)csc2C1.